The van der Waals surface area contributed by atoms with Gasteiger partial charge in [-0.05, 0) is 36.8 Å². The third-order valence-electron chi connectivity index (χ3n) is 4.01. The molecule has 2 N–H and O–H groups in total. The molecular formula is C19H14ClN3O. The molecule has 0 spiro atoms. The van der Waals surface area contributed by atoms with Crippen LogP contribution >= 0.6 is 11.6 Å². The number of hydrogen-bond acceptors (Lipinski definition) is 2. The molecule has 0 saturated heterocycles. The molecule has 2 heterocycles. The lowest BCUT2D eigenvalue weighted by atomic mass is 9.94. The number of pyridine rings is 1. The van der Waals surface area contributed by atoms with Gasteiger partial charge in [0, 0.05) is 21.5 Å². The fourth-order valence-electron chi connectivity index (χ4n) is 2.98. The molecule has 2 aromatic heterocycles. The largest absolute Gasteiger partial charge is 0.321 e. The van der Waals surface area contributed by atoms with Gasteiger partial charge < -0.3 is 4.98 Å². The lowest BCUT2D eigenvalue weighted by Crippen LogP contribution is -2.11. The van der Waals surface area contributed by atoms with E-state index in [2.05, 4.69) is 15.2 Å². The van der Waals surface area contributed by atoms with Gasteiger partial charge in [-0.2, -0.15) is 5.10 Å². The summed E-state index contributed by atoms with van der Waals surface area (Å²) in [6.45, 7) is 1.88. The Labute approximate surface area is 143 Å². The number of H-pyrrole nitrogens is 2. The lowest BCUT2D eigenvalue weighted by Gasteiger charge is -2.12. The summed E-state index contributed by atoms with van der Waals surface area (Å²) in [6.07, 6.45) is 0. The number of aryl methyl sites for hydroxylation is 1. The highest BCUT2D eigenvalue weighted by Crippen LogP contribution is 2.35. The smallest absolute Gasteiger partial charge is 0.258 e. The molecule has 4 aromatic rings. The Morgan fingerprint density at radius 3 is 2.50 bits per heavy atom. The highest BCUT2D eigenvalue weighted by molar-refractivity contribution is 6.31. The number of hydrogen-bond donors (Lipinski definition) is 2. The molecule has 0 atom stereocenters. The van der Waals surface area contributed by atoms with Gasteiger partial charge in [0.25, 0.3) is 5.56 Å². The van der Waals surface area contributed by atoms with Crippen LogP contribution in [0.4, 0.5) is 0 Å². The molecule has 0 aliphatic carbocycles. The molecule has 0 saturated carbocycles. The van der Waals surface area contributed by atoms with E-state index in [4.69, 9.17) is 11.6 Å². The van der Waals surface area contributed by atoms with Crippen molar-refractivity contribution < 1.29 is 0 Å². The molecule has 5 heteroatoms. The van der Waals surface area contributed by atoms with Crippen LogP contribution < -0.4 is 5.56 Å². The van der Waals surface area contributed by atoms with E-state index in [9.17, 15) is 4.79 Å². The zero-order valence-corrected chi connectivity index (χ0v) is 13.7. The van der Waals surface area contributed by atoms with Gasteiger partial charge in [-0.25, -0.2) is 0 Å². The fourth-order valence-corrected chi connectivity index (χ4v) is 3.15. The summed E-state index contributed by atoms with van der Waals surface area (Å²) in [4.78, 5) is 15.7. The van der Waals surface area contributed by atoms with Gasteiger partial charge in [0.15, 0.2) is 0 Å². The van der Waals surface area contributed by atoms with Crippen molar-refractivity contribution in [3.8, 4) is 22.4 Å². The molecule has 0 fully saturated rings. The normalized spacial score (nSPS) is 11.1. The summed E-state index contributed by atoms with van der Waals surface area (Å²) in [5, 5.41) is 8.63. The number of benzene rings is 2. The van der Waals surface area contributed by atoms with Crippen molar-refractivity contribution in [1.82, 2.24) is 15.2 Å². The molecule has 24 heavy (non-hydrogen) atoms. The second-order valence-electron chi connectivity index (χ2n) is 5.68. The highest BCUT2D eigenvalue weighted by Gasteiger charge is 2.17. The van der Waals surface area contributed by atoms with E-state index in [1.54, 1.807) is 6.07 Å². The Hall–Kier alpha value is -2.85. The lowest BCUT2D eigenvalue weighted by molar-refractivity contribution is 1.05. The van der Waals surface area contributed by atoms with Crippen molar-refractivity contribution in [3.05, 3.63) is 75.7 Å². The van der Waals surface area contributed by atoms with Gasteiger partial charge in [0.2, 0.25) is 0 Å². The van der Waals surface area contributed by atoms with Crippen LogP contribution in [0.5, 0.6) is 0 Å². The zero-order chi connectivity index (χ0) is 16.7. The molecule has 0 aliphatic heterocycles. The molecule has 0 radical (unpaired) electrons. The van der Waals surface area contributed by atoms with Crippen molar-refractivity contribution in [2.24, 2.45) is 0 Å². The van der Waals surface area contributed by atoms with Crippen LogP contribution in [0.25, 0.3) is 33.3 Å². The van der Waals surface area contributed by atoms with Gasteiger partial charge in [-0.15, -0.1) is 0 Å². The van der Waals surface area contributed by atoms with Crippen molar-refractivity contribution in [1.29, 1.82) is 0 Å². The number of halogens is 1. The number of fused-ring (bicyclic) bond motifs is 1. The first-order valence-electron chi connectivity index (χ1n) is 7.57. The molecule has 0 aliphatic rings. The van der Waals surface area contributed by atoms with Crippen LogP contribution in [-0.4, -0.2) is 15.2 Å². The molecular weight excluding hydrogens is 322 g/mol. The first-order chi connectivity index (χ1) is 11.6. The van der Waals surface area contributed by atoms with Crippen LogP contribution in [-0.2, 0) is 0 Å². The Balaban J connectivity index is 2.18. The average Bonchev–Trinajstić information content (AvgIpc) is 3.01. The van der Waals surface area contributed by atoms with Crippen molar-refractivity contribution in [2.75, 3.05) is 0 Å². The standard InChI is InChI=1S/C19H14ClN3O/c1-11-9-16(23-22-11)18-17(12-5-3-2-4-6-12)14-10-13(20)7-8-15(14)21-19(18)24/h2-10H,1H3,(H,21,24)(H,22,23). The molecule has 0 bridgehead atoms. The number of nitrogens with zero attached hydrogens (tertiary/aromatic N) is 1. The monoisotopic (exact) mass is 335 g/mol. The predicted molar refractivity (Wildman–Crippen MR) is 97.3 cm³/mol. The first kappa shape index (κ1) is 14.7. The summed E-state index contributed by atoms with van der Waals surface area (Å²) >= 11 is 6.21. The predicted octanol–water partition coefficient (Wildman–Crippen LogP) is 4.55. The van der Waals surface area contributed by atoms with Gasteiger partial charge in [0.1, 0.15) is 0 Å². The molecule has 0 unspecified atom stereocenters. The zero-order valence-electron chi connectivity index (χ0n) is 12.9. The molecule has 0 amide bonds. The number of nitrogens with one attached hydrogen (secondary N) is 2. The summed E-state index contributed by atoms with van der Waals surface area (Å²) in [5.41, 5.74) is 4.48. The van der Waals surface area contributed by atoms with Gasteiger partial charge >= 0.3 is 0 Å². The summed E-state index contributed by atoms with van der Waals surface area (Å²) in [7, 11) is 0. The van der Waals surface area contributed by atoms with Crippen LogP contribution in [0.15, 0.2) is 59.4 Å². The second kappa shape index (κ2) is 5.65. The first-order valence-corrected chi connectivity index (χ1v) is 7.94. The minimum absolute atomic E-state index is 0.160. The maximum atomic E-state index is 12.8. The maximum Gasteiger partial charge on any atom is 0.258 e. The van der Waals surface area contributed by atoms with E-state index in [0.29, 0.717) is 16.3 Å². The van der Waals surface area contributed by atoms with Crippen LogP contribution in [0.1, 0.15) is 5.69 Å². The Morgan fingerprint density at radius 1 is 1.00 bits per heavy atom. The molecule has 4 rings (SSSR count). The number of aromatic amines is 2. The van der Waals surface area contributed by atoms with E-state index in [1.165, 1.54) is 0 Å². The summed E-state index contributed by atoms with van der Waals surface area (Å²) in [5.74, 6) is 0. The fraction of sp³-hybridized carbons (Fsp3) is 0.0526. The summed E-state index contributed by atoms with van der Waals surface area (Å²) < 4.78 is 0. The Bertz CT molecular complexity index is 1100. The van der Waals surface area contributed by atoms with E-state index < -0.39 is 0 Å². The maximum absolute atomic E-state index is 12.8. The van der Waals surface area contributed by atoms with Crippen LogP contribution in [0, 0.1) is 6.92 Å². The molecule has 4 nitrogen and oxygen atoms in total. The van der Waals surface area contributed by atoms with Crippen molar-refractivity contribution in [2.45, 2.75) is 6.92 Å². The third-order valence-corrected chi connectivity index (χ3v) is 4.25. The Morgan fingerprint density at radius 2 is 1.79 bits per heavy atom. The molecule has 2 aromatic carbocycles. The topological polar surface area (TPSA) is 61.5 Å². The average molecular weight is 336 g/mol. The van der Waals surface area contributed by atoms with E-state index in [0.717, 1.165) is 27.7 Å². The van der Waals surface area contributed by atoms with Gasteiger partial charge in [-0.1, -0.05) is 41.9 Å². The SMILES string of the molecule is Cc1cc(-c2c(-c3ccccc3)c3cc(Cl)ccc3[nH]c2=O)[nH]n1. The Kier molecular flexibility index (Phi) is 3.47. The number of aromatic nitrogens is 3. The third kappa shape index (κ3) is 2.41. The van der Waals surface area contributed by atoms with E-state index in [-0.39, 0.29) is 5.56 Å². The van der Waals surface area contributed by atoms with E-state index in [1.807, 2.05) is 55.5 Å². The summed E-state index contributed by atoms with van der Waals surface area (Å²) in [6, 6.07) is 17.2. The quantitative estimate of drug-likeness (QED) is 0.564. The minimum atomic E-state index is -0.160. The highest BCUT2D eigenvalue weighted by atomic mass is 35.5. The van der Waals surface area contributed by atoms with Crippen molar-refractivity contribution in [3.63, 3.8) is 0 Å². The second-order valence-corrected chi connectivity index (χ2v) is 6.12. The van der Waals surface area contributed by atoms with Gasteiger partial charge in [-0.3, -0.25) is 9.89 Å². The van der Waals surface area contributed by atoms with Crippen LogP contribution in [0.3, 0.4) is 0 Å². The minimum Gasteiger partial charge on any atom is -0.321 e. The van der Waals surface area contributed by atoms with E-state index >= 15 is 0 Å². The van der Waals surface area contributed by atoms with Gasteiger partial charge in [0.05, 0.1) is 17.0 Å². The number of rotatable bonds is 2. The van der Waals surface area contributed by atoms with Crippen LogP contribution in [0.2, 0.25) is 5.02 Å². The van der Waals surface area contributed by atoms with Crippen molar-refractivity contribution >= 4 is 22.5 Å². The molecule has 118 valence electrons.